The van der Waals surface area contributed by atoms with Crippen LogP contribution >= 0.6 is 0 Å². The fourth-order valence-corrected chi connectivity index (χ4v) is 2.75. The minimum Gasteiger partial charge on any atom is -0.0654 e. The third kappa shape index (κ3) is 15.9. The van der Waals surface area contributed by atoms with Crippen molar-refractivity contribution in [1.29, 1.82) is 0 Å². The zero-order valence-electron chi connectivity index (χ0n) is 13.9. The summed E-state index contributed by atoms with van der Waals surface area (Å²) < 4.78 is 0. The van der Waals surface area contributed by atoms with Crippen molar-refractivity contribution >= 4 is 0 Å². The largest absolute Gasteiger partial charge is 0.0654 e. The first-order valence-electron chi connectivity index (χ1n) is 9.14. The summed E-state index contributed by atoms with van der Waals surface area (Å²) in [6.45, 7) is 8.89. The summed E-state index contributed by atoms with van der Waals surface area (Å²) in [5.41, 5.74) is 0. The van der Waals surface area contributed by atoms with Gasteiger partial charge in [-0.3, -0.25) is 0 Å². The monoisotopic (exact) mass is 267 g/mol. The Balaban J connectivity index is 3.09. The summed E-state index contributed by atoms with van der Waals surface area (Å²) >= 11 is 0. The van der Waals surface area contributed by atoms with Gasteiger partial charge in [-0.2, -0.15) is 0 Å². The predicted octanol–water partition coefficient (Wildman–Crippen LogP) is 7.33. The van der Waals surface area contributed by atoms with Gasteiger partial charge in [0.25, 0.3) is 0 Å². The zero-order chi connectivity index (χ0) is 14.2. The molecule has 0 rings (SSSR count). The van der Waals surface area contributed by atoms with Gasteiger partial charge in [0.1, 0.15) is 0 Å². The molecule has 1 radical (unpaired) electrons. The van der Waals surface area contributed by atoms with Crippen molar-refractivity contribution in [2.45, 2.75) is 110 Å². The smallest absolute Gasteiger partial charge is 0.0414 e. The summed E-state index contributed by atoms with van der Waals surface area (Å²) in [4.78, 5) is 0. The molecule has 1 unspecified atom stereocenters. The second kappa shape index (κ2) is 16.1. The number of rotatable bonds is 15. The van der Waals surface area contributed by atoms with E-state index in [2.05, 4.69) is 20.8 Å². The number of hydrogen-bond donors (Lipinski definition) is 0. The maximum Gasteiger partial charge on any atom is -0.0414 e. The van der Waals surface area contributed by atoms with Crippen molar-refractivity contribution in [1.82, 2.24) is 0 Å². The molecule has 0 fully saturated rings. The van der Waals surface area contributed by atoms with Crippen LogP contribution in [0.5, 0.6) is 0 Å². The van der Waals surface area contributed by atoms with E-state index in [4.69, 9.17) is 0 Å². The molecule has 19 heavy (non-hydrogen) atoms. The molecule has 0 heterocycles. The molecule has 115 valence electrons. The molecular weight excluding hydrogens is 228 g/mol. The van der Waals surface area contributed by atoms with Gasteiger partial charge in [-0.25, -0.2) is 0 Å². The molecule has 0 aromatic heterocycles. The Labute approximate surface area is 123 Å². The SMILES string of the molecule is [CH2]C(CCCCCCC)CCCCCCCCCC. The standard InChI is InChI=1S/C19H39/c1-4-6-8-10-11-12-14-16-18-19(3)17-15-13-9-7-5-2/h19H,3-18H2,1-2H3. The van der Waals surface area contributed by atoms with Crippen molar-refractivity contribution in [3.63, 3.8) is 0 Å². The third-order valence-corrected chi connectivity index (χ3v) is 4.18. The van der Waals surface area contributed by atoms with Crippen LogP contribution in [0, 0.1) is 12.8 Å². The van der Waals surface area contributed by atoms with Crippen LogP contribution in [0.2, 0.25) is 0 Å². The third-order valence-electron chi connectivity index (χ3n) is 4.18. The van der Waals surface area contributed by atoms with Crippen LogP contribution in [0.15, 0.2) is 0 Å². The first kappa shape index (κ1) is 19.0. The molecular formula is C19H39. The highest BCUT2D eigenvalue weighted by molar-refractivity contribution is 4.62. The first-order valence-corrected chi connectivity index (χ1v) is 9.14. The van der Waals surface area contributed by atoms with Crippen LogP contribution in [0.3, 0.4) is 0 Å². The Bertz CT molecular complexity index is 150. The topological polar surface area (TPSA) is 0 Å². The van der Waals surface area contributed by atoms with Gasteiger partial charge in [0.05, 0.1) is 0 Å². The summed E-state index contributed by atoms with van der Waals surface area (Å²) in [5.74, 6) is 0.724. The molecule has 0 nitrogen and oxygen atoms in total. The summed E-state index contributed by atoms with van der Waals surface area (Å²) in [7, 11) is 0. The van der Waals surface area contributed by atoms with Gasteiger partial charge in [-0.1, -0.05) is 117 Å². The lowest BCUT2D eigenvalue weighted by Crippen LogP contribution is -1.95. The maximum absolute atomic E-state index is 4.31. The van der Waals surface area contributed by atoms with E-state index < -0.39 is 0 Å². The lowest BCUT2D eigenvalue weighted by molar-refractivity contribution is 0.463. The highest BCUT2D eigenvalue weighted by Gasteiger charge is 2.02. The normalized spacial score (nSPS) is 12.8. The van der Waals surface area contributed by atoms with Crippen LogP contribution < -0.4 is 0 Å². The summed E-state index contributed by atoms with van der Waals surface area (Å²) in [5, 5.41) is 0. The molecule has 0 aliphatic carbocycles. The Morgan fingerprint density at radius 2 is 0.842 bits per heavy atom. The van der Waals surface area contributed by atoms with Crippen LogP contribution in [0.1, 0.15) is 110 Å². The Morgan fingerprint density at radius 3 is 1.21 bits per heavy atom. The molecule has 0 bridgehead atoms. The molecule has 0 saturated heterocycles. The van der Waals surface area contributed by atoms with E-state index >= 15 is 0 Å². The van der Waals surface area contributed by atoms with Crippen LogP contribution in [-0.2, 0) is 0 Å². The second-order valence-corrected chi connectivity index (χ2v) is 6.33. The number of unbranched alkanes of at least 4 members (excludes halogenated alkanes) is 11. The summed E-state index contributed by atoms with van der Waals surface area (Å²) in [6.07, 6.45) is 21.2. The van der Waals surface area contributed by atoms with Crippen LogP contribution in [0.4, 0.5) is 0 Å². The highest BCUT2D eigenvalue weighted by atomic mass is 14.1. The molecule has 0 aliphatic rings. The quantitative estimate of drug-likeness (QED) is 0.272. The Morgan fingerprint density at radius 1 is 0.526 bits per heavy atom. The fraction of sp³-hybridized carbons (Fsp3) is 0.947. The zero-order valence-corrected chi connectivity index (χ0v) is 13.9. The van der Waals surface area contributed by atoms with Crippen molar-refractivity contribution in [3.8, 4) is 0 Å². The minimum atomic E-state index is 0.724. The molecule has 0 aliphatic heterocycles. The van der Waals surface area contributed by atoms with Crippen molar-refractivity contribution in [3.05, 3.63) is 6.92 Å². The van der Waals surface area contributed by atoms with Gasteiger partial charge >= 0.3 is 0 Å². The van der Waals surface area contributed by atoms with Gasteiger partial charge in [0, 0.05) is 0 Å². The van der Waals surface area contributed by atoms with Gasteiger partial charge in [-0.05, 0) is 5.92 Å². The Hall–Kier alpha value is 0. The van der Waals surface area contributed by atoms with Crippen molar-refractivity contribution in [2.24, 2.45) is 5.92 Å². The van der Waals surface area contributed by atoms with Crippen LogP contribution in [-0.4, -0.2) is 0 Å². The second-order valence-electron chi connectivity index (χ2n) is 6.33. The predicted molar refractivity (Wildman–Crippen MR) is 89.5 cm³/mol. The molecule has 1 atom stereocenters. The molecule has 0 N–H and O–H groups in total. The minimum absolute atomic E-state index is 0.724. The van der Waals surface area contributed by atoms with Gasteiger partial charge in [-0.15, -0.1) is 0 Å². The van der Waals surface area contributed by atoms with Crippen LogP contribution in [0.25, 0.3) is 0 Å². The lowest BCUT2D eigenvalue weighted by atomic mass is 9.96. The van der Waals surface area contributed by atoms with Gasteiger partial charge in [0.15, 0.2) is 0 Å². The molecule has 0 aromatic carbocycles. The summed E-state index contributed by atoms with van der Waals surface area (Å²) in [6, 6.07) is 0. The average Bonchev–Trinajstić information content (AvgIpc) is 2.41. The molecule has 0 heteroatoms. The van der Waals surface area contributed by atoms with E-state index in [1.807, 2.05) is 0 Å². The van der Waals surface area contributed by atoms with Gasteiger partial charge in [0.2, 0.25) is 0 Å². The van der Waals surface area contributed by atoms with E-state index in [9.17, 15) is 0 Å². The molecule has 0 saturated carbocycles. The van der Waals surface area contributed by atoms with Crippen molar-refractivity contribution in [2.75, 3.05) is 0 Å². The van der Waals surface area contributed by atoms with E-state index in [0.717, 1.165) is 5.92 Å². The maximum atomic E-state index is 4.31. The van der Waals surface area contributed by atoms with E-state index in [0.29, 0.717) is 0 Å². The van der Waals surface area contributed by atoms with Crippen molar-refractivity contribution < 1.29 is 0 Å². The Kier molecular flexibility index (Phi) is 16.1. The van der Waals surface area contributed by atoms with E-state index in [1.54, 1.807) is 0 Å². The van der Waals surface area contributed by atoms with Gasteiger partial charge < -0.3 is 0 Å². The van der Waals surface area contributed by atoms with E-state index in [1.165, 1.54) is 96.3 Å². The molecule has 0 spiro atoms. The fourth-order valence-electron chi connectivity index (χ4n) is 2.75. The number of hydrogen-bond acceptors (Lipinski definition) is 0. The van der Waals surface area contributed by atoms with E-state index in [-0.39, 0.29) is 0 Å². The average molecular weight is 268 g/mol. The first-order chi connectivity index (χ1) is 9.31. The lowest BCUT2D eigenvalue weighted by Gasteiger charge is -2.10. The highest BCUT2D eigenvalue weighted by Crippen LogP contribution is 2.18. The molecule has 0 amide bonds. The molecule has 0 aromatic rings.